The van der Waals surface area contributed by atoms with E-state index in [0.29, 0.717) is 6.04 Å². The molecule has 1 saturated heterocycles. The van der Waals surface area contributed by atoms with Crippen LogP contribution in [0.15, 0.2) is 0 Å². The van der Waals surface area contributed by atoms with E-state index in [2.05, 4.69) is 12.2 Å². The Balaban J connectivity index is 1.76. The molecule has 3 heteroatoms. The van der Waals surface area contributed by atoms with Crippen LogP contribution < -0.4 is 5.32 Å². The molecule has 1 heterocycles. The number of hydrogen-bond acceptors (Lipinski definition) is 1. The maximum Gasteiger partial charge on any atom is 0.317 e. The summed E-state index contributed by atoms with van der Waals surface area (Å²) in [6, 6.07) is 0.532. The standard InChI is InChI=1S/C10H18N2O/c1-8(9-4-5-9)11-10(13)12-6-2-3-7-12/h8-9H,2-7H2,1H3,(H,11,13). The third-order valence-corrected chi connectivity index (χ3v) is 3.07. The molecule has 1 saturated carbocycles. The van der Waals surface area contributed by atoms with Crippen LogP contribution in [-0.4, -0.2) is 30.1 Å². The first-order valence-corrected chi connectivity index (χ1v) is 5.33. The predicted octanol–water partition coefficient (Wildman–Crippen LogP) is 1.59. The van der Waals surface area contributed by atoms with Crippen molar-refractivity contribution < 1.29 is 4.79 Å². The lowest BCUT2D eigenvalue weighted by molar-refractivity contribution is 0.204. The van der Waals surface area contributed by atoms with Crippen molar-refractivity contribution in [3.05, 3.63) is 0 Å². The number of rotatable bonds is 2. The molecule has 2 rings (SSSR count). The summed E-state index contributed by atoms with van der Waals surface area (Å²) in [6.07, 6.45) is 4.93. The summed E-state index contributed by atoms with van der Waals surface area (Å²) < 4.78 is 0. The van der Waals surface area contributed by atoms with Gasteiger partial charge in [-0.2, -0.15) is 0 Å². The molecule has 0 aromatic rings. The molecule has 2 fully saturated rings. The van der Waals surface area contributed by atoms with Gasteiger partial charge in [0.25, 0.3) is 0 Å². The van der Waals surface area contributed by atoms with E-state index in [1.54, 1.807) is 0 Å². The summed E-state index contributed by atoms with van der Waals surface area (Å²) in [5.41, 5.74) is 0. The van der Waals surface area contributed by atoms with Gasteiger partial charge in [0.05, 0.1) is 0 Å². The zero-order valence-corrected chi connectivity index (χ0v) is 8.25. The molecule has 13 heavy (non-hydrogen) atoms. The van der Waals surface area contributed by atoms with Crippen molar-refractivity contribution in [2.45, 2.75) is 38.6 Å². The Morgan fingerprint density at radius 3 is 2.54 bits per heavy atom. The van der Waals surface area contributed by atoms with E-state index < -0.39 is 0 Å². The molecular formula is C10H18N2O. The third kappa shape index (κ3) is 2.14. The van der Waals surface area contributed by atoms with E-state index in [1.165, 1.54) is 25.7 Å². The van der Waals surface area contributed by atoms with Crippen LogP contribution in [0.25, 0.3) is 0 Å². The van der Waals surface area contributed by atoms with Crippen LogP contribution in [0.5, 0.6) is 0 Å². The highest BCUT2D eigenvalue weighted by Gasteiger charge is 2.30. The maximum atomic E-state index is 11.6. The number of likely N-dealkylation sites (tertiary alicyclic amines) is 1. The van der Waals surface area contributed by atoms with Crippen LogP contribution >= 0.6 is 0 Å². The molecule has 3 nitrogen and oxygen atoms in total. The quantitative estimate of drug-likeness (QED) is 0.691. The molecule has 74 valence electrons. The van der Waals surface area contributed by atoms with E-state index in [-0.39, 0.29) is 6.03 Å². The summed E-state index contributed by atoms with van der Waals surface area (Å²) in [4.78, 5) is 13.5. The highest BCUT2D eigenvalue weighted by atomic mass is 16.2. The normalized spacial score (nSPS) is 24.5. The molecule has 0 radical (unpaired) electrons. The molecule has 0 bridgehead atoms. The Morgan fingerprint density at radius 1 is 1.38 bits per heavy atom. The van der Waals surface area contributed by atoms with Gasteiger partial charge in [-0.1, -0.05) is 0 Å². The number of nitrogens with zero attached hydrogens (tertiary/aromatic N) is 1. The van der Waals surface area contributed by atoms with Crippen molar-refractivity contribution >= 4 is 6.03 Å². The lowest BCUT2D eigenvalue weighted by atomic mass is 10.2. The topological polar surface area (TPSA) is 32.3 Å². The molecule has 1 aliphatic heterocycles. The van der Waals surface area contributed by atoms with Gasteiger partial charge < -0.3 is 10.2 Å². The number of urea groups is 1. The lowest BCUT2D eigenvalue weighted by Crippen LogP contribution is -2.43. The van der Waals surface area contributed by atoms with Crippen LogP contribution in [0.4, 0.5) is 4.79 Å². The number of nitrogens with one attached hydrogen (secondary N) is 1. The van der Waals surface area contributed by atoms with Gasteiger partial charge in [-0.15, -0.1) is 0 Å². The van der Waals surface area contributed by atoms with E-state index in [0.717, 1.165) is 19.0 Å². The molecule has 1 N–H and O–H groups in total. The largest absolute Gasteiger partial charge is 0.335 e. The number of hydrogen-bond donors (Lipinski definition) is 1. The molecule has 1 aliphatic carbocycles. The molecule has 2 amide bonds. The van der Waals surface area contributed by atoms with E-state index >= 15 is 0 Å². The van der Waals surface area contributed by atoms with Gasteiger partial charge in [-0.25, -0.2) is 4.79 Å². The van der Waals surface area contributed by atoms with Gasteiger partial charge in [0.15, 0.2) is 0 Å². The predicted molar refractivity (Wildman–Crippen MR) is 51.5 cm³/mol. The van der Waals surface area contributed by atoms with Crippen LogP contribution in [0.1, 0.15) is 32.6 Å². The van der Waals surface area contributed by atoms with Crippen LogP contribution in [0, 0.1) is 5.92 Å². The molecule has 0 aromatic heterocycles. The second kappa shape index (κ2) is 3.56. The first-order chi connectivity index (χ1) is 6.27. The summed E-state index contributed by atoms with van der Waals surface area (Å²) in [7, 11) is 0. The average molecular weight is 182 g/mol. The summed E-state index contributed by atoms with van der Waals surface area (Å²) >= 11 is 0. The summed E-state index contributed by atoms with van der Waals surface area (Å²) in [5, 5.41) is 3.07. The third-order valence-electron chi connectivity index (χ3n) is 3.07. The SMILES string of the molecule is CC(NC(=O)N1CCCC1)C1CC1. The second-order valence-corrected chi connectivity index (χ2v) is 4.27. The van der Waals surface area contributed by atoms with Crippen molar-refractivity contribution in [1.29, 1.82) is 0 Å². The fourth-order valence-corrected chi connectivity index (χ4v) is 1.92. The van der Waals surface area contributed by atoms with E-state index in [9.17, 15) is 4.79 Å². The van der Waals surface area contributed by atoms with Gasteiger partial charge in [-0.3, -0.25) is 0 Å². The minimum atomic E-state index is 0.150. The van der Waals surface area contributed by atoms with Gasteiger partial charge in [0.1, 0.15) is 0 Å². The van der Waals surface area contributed by atoms with Gasteiger partial charge in [-0.05, 0) is 38.5 Å². The van der Waals surface area contributed by atoms with Gasteiger partial charge in [0.2, 0.25) is 0 Å². The van der Waals surface area contributed by atoms with Crippen molar-refractivity contribution in [2.75, 3.05) is 13.1 Å². The fourth-order valence-electron chi connectivity index (χ4n) is 1.92. The Labute approximate surface area is 79.5 Å². The second-order valence-electron chi connectivity index (χ2n) is 4.27. The zero-order chi connectivity index (χ0) is 9.26. The first-order valence-electron chi connectivity index (χ1n) is 5.33. The van der Waals surface area contributed by atoms with Gasteiger partial charge >= 0.3 is 6.03 Å². The summed E-state index contributed by atoms with van der Waals surface area (Å²) in [6.45, 7) is 4.01. The monoisotopic (exact) mass is 182 g/mol. The average Bonchev–Trinajstić information content (AvgIpc) is 2.81. The van der Waals surface area contributed by atoms with Crippen LogP contribution in [-0.2, 0) is 0 Å². The Hall–Kier alpha value is -0.730. The number of amides is 2. The first kappa shape index (κ1) is 8.85. The molecule has 2 aliphatic rings. The highest BCUT2D eigenvalue weighted by Crippen LogP contribution is 2.32. The Kier molecular flexibility index (Phi) is 2.42. The Bertz CT molecular complexity index is 195. The van der Waals surface area contributed by atoms with Gasteiger partial charge in [0, 0.05) is 19.1 Å². The molecular weight excluding hydrogens is 164 g/mol. The van der Waals surface area contributed by atoms with Crippen LogP contribution in [0.3, 0.4) is 0 Å². The highest BCUT2D eigenvalue weighted by molar-refractivity contribution is 5.74. The van der Waals surface area contributed by atoms with E-state index in [1.807, 2.05) is 4.90 Å². The zero-order valence-electron chi connectivity index (χ0n) is 8.25. The van der Waals surface area contributed by atoms with Crippen molar-refractivity contribution in [3.63, 3.8) is 0 Å². The van der Waals surface area contributed by atoms with E-state index in [4.69, 9.17) is 0 Å². The van der Waals surface area contributed by atoms with Crippen molar-refractivity contribution in [1.82, 2.24) is 10.2 Å². The number of carbonyl (C=O) groups excluding carboxylic acids is 1. The maximum absolute atomic E-state index is 11.6. The van der Waals surface area contributed by atoms with Crippen LogP contribution in [0.2, 0.25) is 0 Å². The lowest BCUT2D eigenvalue weighted by Gasteiger charge is -2.20. The Morgan fingerprint density at radius 2 is 2.00 bits per heavy atom. The number of carbonyl (C=O) groups is 1. The fraction of sp³-hybridized carbons (Fsp3) is 0.900. The van der Waals surface area contributed by atoms with Crippen molar-refractivity contribution in [3.8, 4) is 0 Å². The molecule has 0 aromatic carbocycles. The molecule has 1 unspecified atom stereocenters. The van der Waals surface area contributed by atoms with Crippen molar-refractivity contribution in [2.24, 2.45) is 5.92 Å². The molecule has 0 spiro atoms. The molecule has 1 atom stereocenters. The summed E-state index contributed by atoms with van der Waals surface area (Å²) in [5.74, 6) is 0.756. The minimum absolute atomic E-state index is 0.150. The minimum Gasteiger partial charge on any atom is -0.335 e. The smallest absolute Gasteiger partial charge is 0.317 e.